The Labute approximate surface area is 72.7 Å². The molecule has 3 heteroatoms. The standard InChI is InChI=1S/C9H16N2O/c10-9(12)8-5-6-3-1-2-4-7(6)11-8/h6-8,11H,1-5H2,(H2,10,12)/t6-,7+,8+/m1/s1. The topological polar surface area (TPSA) is 55.1 Å². The highest BCUT2D eigenvalue weighted by atomic mass is 16.1. The minimum atomic E-state index is -0.176. The van der Waals surface area contributed by atoms with Gasteiger partial charge in [0.1, 0.15) is 0 Å². The van der Waals surface area contributed by atoms with Gasteiger partial charge in [-0.15, -0.1) is 0 Å². The first-order chi connectivity index (χ1) is 5.77. The molecule has 3 atom stereocenters. The summed E-state index contributed by atoms with van der Waals surface area (Å²) in [5, 5.41) is 3.32. The van der Waals surface area contributed by atoms with Gasteiger partial charge >= 0.3 is 0 Å². The molecule has 68 valence electrons. The molecule has 0 aromatic rings. The quantitative estimate of drug-likeness (QED) is 0.595. The first kappa shape index (κ1) is 8.05. The third kappa shape index (κ3) is 1.33. The molecule has 0 spiro atoms. The van der Waals surface area contributed by atoms with Crippen LogP contribution in [0.4, 0.5) is 0 Å². The maximum absolute atomic E-state index is 10.9. The zero-order chi connectivity index (χ0) is 8.55. The van der Waals surface area contributed by atoms with E-state index in [-0.39, 0.29) is 11.9 Å². The first-order valence-corrected chi connectivity index (χ1v) is 4.83. The Hall–Kier alpha value is -0.570. The third-order valence-corrected chi connectivity index (χ3v) is 3.21. The van der Waals surface area contributed by atoms with Gasteiger partial charge in [0.05, 0.1) is 6.04 Å². The van der Waals surface area contributed by atoms with Crippen LogP contribution in [0, 0.1) is 5.92 Å². The van der Waals surface area contributed by atoms with Crippen molar-refractivity contribution in [1.82, 2.24) is 5.32 Å². The molecule has 1 saturated heterocycles. The van der Waals surface area contributed by atoms with E-state index in [1.54, 1.807) is 0 Å². The highest BCUT2D eigenvalue weighted by Gasteiger charge is 2.37. The molecule has 1 heterocycles. The number of hydrogen-bond donors (Lipinski definition) is 2. The molecule has 0 unspecified atom stereocenters. The smallest absolute Gasteiger partial charge is 0.234 e. The van der Waals surface area contributed by atoms with Crippen LogP contribution in [0.1, 0.15) is 32.1 Å². The molecule has 3 nitrogen and oxygen atoms in total. The fourth-order valence-electron chi connectivity index (χ4n) is 2.54. The van der Waals surface area contributed by atoms with Gasteiger partial charge in [0.25, 0.3) is 0 Å². The monoisotopic (exact) mass is 168 g/mol. The van der Waals surface area contributed by atoms with E-state index in [1.807, 2.05) is 0 Å². The van der Waals surface area contributed by atoms with Crippen LogP contribution in [-0.4, -0.2) is 18.0 Å². The second kappa shape index (κ2) is 3.05. The molecule has 3 N–H and O–H groups in total. The van der Waals surface area contributed by atoms with E-state index in [2.05, 4.69) is 5.32 Å². The van der Waals surface area contributed by atoms with E-state index in [0.717, 1.165) is 12.3 Å². The predicted molar refractivity (Wildman–Crippen MR) is 46.5 cm³/mol. The Kier molecular flexibility index (Phi) is 2.05. The second-order valence-corrected chi connectivity index (χ2v) is 4.01. The van der Waals surface area contributed by atoms with Crippen molar-refractivity contribution in [3.05, 3.63) is 0 Å². The summed E-state index contributed by atoms with van der Waals surface area (Å²) in [4.78, 5) is 10.9. The van der Waals surface area contributed by atoms with Gasteiger partial charge in [0.2, 0.25) is 5.91 Å². The SMILES string of the molecule is NC(=O)[C@@H]1C[C@H]2CCCC[C@@H]2N1. The van der Waals surface area contributed by atoms with Crippen molar-refractivity contribution in [2.75, 3.05) is 0 Å². The summed E-state index contributed by atoms with van der Waals surface area (Å²) in [6, 6.07) is 0.536. The van der Waals surface area contributed by atoms with Crippen molar-refractivity contribution in [3.63, 3.8) is 0 Å². The molecule has 12 heavy (non-hydrogen) atoms. The number of nitrogens with one attached hydrogen (secondary N) is 1. The van der Waals surface area contributed by atoms with Gasteiger partial charge < -0.3 is 11.1 Å². The van der Waals surface area contributed by atoms with Gasteiger partial charge in [-0.3, -0.25) is 4.79 Å². The van der Waals surface area contributed by atoms with E-state index in [4.69, 9.17) is 5.73 Å². The number of rotatable bonds is 1. The van der Waals surface area contributed by atoms with Gasteiger partial charge in [-0.05, 0) is 25.2 Å². The summed E-state index contributed by atoms with van der Waals surface area (Å²) in [6.45, 7) is 0. The Balaban J connectivity index is 1.98. The average Bonchev–Trinajstić information content (AvgIpc) is 2.46. The van der Waals surface area contributed by atoms with E-state index < -0.39 is 0 Å². The number of primary amides is 1. The van der Waals surface area contributed by atoms with Gasteiger partial charge in [-0.25, -0.2) is 0 Å². The summed E-state index contributed by atoms with van der Waals surface area (Å²) < 4.78 is 0. The molecule has 0 aromatic heterocycles. The molecular formula is C9H16N2O. The van der Waals surface area contributed by atoms with Gasteiger partial charge in [0.15, 0.2) is 0 Å². The van der Waals surface area contributed by atoms with Crippen molar-refractivity contribution in [1.29, 1.82) is 0 Å². The Morgan fingerprint density at radius 3 is 2.75 bits per heavy atom. The van der Waals surface area contributed by atoms with Crippen LogP contribution in [0.15, 0.2) is 0 Å². The van der Waals surface area contributed by atoms with Crippen LogP contribution >= 0.6 is 0 Å². The third-order valence-electron chi connectivity index (χ3n) is 3.21. The molecule has 2 fully saturated rings. The maximum Gasteiger partial charge on any atom is 0.234 e. The lowest BCUT2D eigenvalue weighted by Crippen LogP contribution is -2.40. The van der Waals surface area contributed by atoms with E-state index in [9.17, 15) is 4.79 Å². The van der Waals surface area contributed by atoms with Gasteiger partial charge in [-0.2, -0.15) is 0 Å². The van der Waals surface area contributed by atoms with Gasteiger partial charge in [-0.1, -0.05) is 12.8 Å². The highest BCUT2D eigenvalue weighted by Crippen LogP contribution is 2.32. The fraction of sp³-hybridized carbons (Fsp3) is 0.889. The molecule has 1 aliphatic heterocycles. The molecular weight excluding hydrogens is 152 g/mol. The number of fused-ring (bicyclic) bond motifs is 1. The number of nitrogens with two attached hydrogens (primary N) is 1. The van der Waals surface area contributed by atoms with Crippen molar-refractivity contribution in [2.24, 2.45) is 11.7 Å². The Morgan fingerprint density at radius 1 is 1.33 bits per heavy atom. The summed E-state index contributed by atoms with van der Waals surface area (Å²) >= 11 is 0. The highest BCUT2D eigenvalue weighted by molar-refractivity contribution is 5.80. The van der Waals surface area contributed by atoms with Gasteiger partial charge in [0, 0.05) is 6.04 Å². The Bertz CT molecular complexity index is 179. The van der Waals surface area contributed by atoms with Crippen LogP contribution in [0.5, 0.6) is 0 Å². The number of carbonyl (C=O) groups excluding carboxylic acids is 1. The van der Waals surface area contributed by atoms with Crippen molar-refractivity contribution in [3.8, 4) is 0 Å². The summed E-state index contributed by atoms with van der Waals surface area (Å²) in [5.41, 5.74) is 5.25. The minimum Gasteiger partial charge on any atom is -0.368 e. The van der Waals surface area contributed by atoms with Crippen LogP contribution in [0.2, 0.25) is 0 Å². The van der Waals surface area contributed by atoms with Crippen LogP contribution < -0.4 is 11.1 Å². The van der Waals surface area contributed by atoms with E-state index >= 15 is 0 Å². The molecule has 0 bridgehead atoms. The molecule has 1 amide bonds. The number of amides is 1. The largest absolute Gasteiger partial charge is 0.368 e. The lowest BCUT2D eigenvalue weighted by atomic mass is 9.85. The van der Waals surface area contributed by atoms with Crippen molar-refractivity contribution in [2.45, 2.75) is 44.2 Å². The predicted octanol–water partition coefficient (Wildman–Crippen LogP) is 0.392. The molecule has 2 aliphatic rings. The first-order valence-electron chi connectivity index (χ1n) is 4.83. The molecule has 1 aliphatic carbocycles. The zero-order valence-electron chi connectivity index (χ0n) is 7.25. The second-order valence-electron chi connectivity index (χ2n) is 4.01. The van der Waals surface area contributed by atoms with Crippen LogP contribution in [-0.2, 0) is 4.79 Å². The molecule has 0 radical (unpaired) electrons. The Morgan fingerprint density at radius 2 is 2.08 bits per heavy atom. The van der Waals surface area contributed by atoms with Crippen molar-refractivity contribution < 1.29 is 4.79 Å². The molecule has 2 rings (SSSR count). The summed E-state index contributed by atoms with van der Waals surface area (Å²) in [5.74, 6) is 0.542. The zero-order valence-corrected chi connectivity index (χ0v) is 7.25. The maximum atomic E-state index is 10.9. The molecule has 1 saturated carbocycles. The fourth-order valence-corrected chi connectivity index (χ4v) is 2.54. The molecule has 0 aromatic carbocycles. The summed E-state index contributed by atoms with van der Waals surface area (Å²) in [6.07, 6.45) is 6.11. The van der Waals surface area contributed by atoms with Crippen LogP contribution in [0.25, 0.3) is 0 Å². The van der Waals surface area contributed by atoms with E-state index in [1.165, 1.54) is 25.7 Å². The lowest BCUT2D eigenvalue weighted by Gasteiger charge is -2.24. The summed E-state index contributed by atoms with van der Waals surface area (Å²) in [7, 11) is 0. The minimum absolute atomic E-state index is 0.0434. The normalized spacial score (nSPS) is 40.8. The number of carbonyl (C=O) groups is 1. The lowest BCUT2D eigenvalue weighted by molar-refractivity contribution is -0.119. The van der Waals surface area contributed by atoms with Crippen LogP contribution in [0.3, 0.4) is 0 Å². The van der Waals surface area contributed by atoms with E-state index in [0.29, 0.717) is 6.04 Å². The average molecular weight is 168 g/mol. The van der Waals surface area contributed by atoms with Crippen molar-refractivity contribution >= 4 is 5.91 Å². The number of hydrogen-bond acceptors (Lipinski definition) is 2.